The van der Waals surface area contributed by atoms with Crippen LogP contribution in [0.15, 0.2) is 66.7 Å². The average molecular weight is 413 g/mol. The van der Waals surface area contributed by atoms with E-state index in [1.807, 2.05) is 0 Å². The van der Waals surface area contributed by atoms with E-state index >= 15 is 0 Å². The second kappa shape index (κ2) is 8.28. The molecule has 0 bridgehead atoms. The molecule has 3 aromatic carbocycles. The van der Waals surface area contributed by atoms with E-state index in [0.29, 0.717) is 28.3 Å². The highest BCUT2D eigenvalue weighted by atomic mass is 16.5. The maximum absolute atomic E-state index is 13.0. The van der Waals surface area contributed by atoms with Gasteiger partial charge in [0.05, 0.1) is 25.5 Å². The Labute approximate surface area is 179 Å². The number of carbonyl (C=O) groups excluding carboxylic acids is 3. The van der Waals surface area contributed by atoms with Crippen LogP contribution < -0.4 is 14.8 Å². The Hall–Kier alpha value is -4.19. The normalized spacial score (nSPS) is 12.3. The van der Waals surface area contributed by atoms with Crippen molar-refractivity contribution in [3.05, 3.63) is 94.6 Å². The second-order valence-electron chi connectivity index (χ2n) is 6.87. The molecule has 0 aromatic heterocycles. The molecule has 0 aliphatic heterocycles. The quantitative estimate of drug-likeness (QED) is 0.498. The Morgan fingerprint density at radius 3 is 2.19 bits per heavy atom. The summed E-state index contributed by atoms with van der Waals surface area (Å²) in [5.41, 5.74) is 2.24. The zero-order valence-electron chi connectivity index (χ0n) is 17.0. The Morgan fingerprint density at radius 2 is 1.48 bits per heavy atom. The van der Waals surface area contributed by atoms with Gasteiger partial charge in [-0.1, -0.05) is 42.5 Å². The number of hydrogen-bond acceptors (Lipinski definition) is 5. The predicted octanol–water partition coefficient (Wildman–Crippen LogP) is 4.13. The number of hydrogen-bond donors (Lipinski definition) is 1. The summed E-state index contributed by atoms with van der Waals surface area (Å²) >= 11 is 0. The van der Waals surface area contributed by atoms with Gasteiger partial charge in [0.15, 0.2) is 23.1 Å². The van der Waals surface area contributed by atoms with Crippen LogP contribution in [0.25, 0.3) is 6.08 Å². The third kappa shape index (κ3) is 3.71. The highest BCUT2D eigenvalue weighted by molar-refractivity contribution is 6.30. The Bertz CT molecular complexity index is 1240. The molecule has 6 heteroatoms. The topological polar surface area (TPSA) is 81.7 Å². The third-order valence-electron chi connectivity index (χ3n) is 5.05. The van der Waals surface area contributed by atoms with E-state index < -0.39 is 5.91 Å². The lowest BCUT2D eigenvalue weighted by molar-refractivity contribution is -0.111. The van der Waals surface area contributed by atoms with Gasteiger partial charge >= 0.3 is 0 Å². The molecule has 1 aliphatic rings. The molecule has 0 spiro atoms. The first-order valence-electron chi connectivity index (χ1n) is 9.56. The van der Waals surface area contributed by atoms with Gasteiger partial charge in [0, 0.05) is 22.8 Å². The molecule has 0 saturated carbocycles. The number of nitrogens with one attached hydrogen (secondary N) is 1. The minimum Gasteiger partial charge on any atom is -0.493 e. The summed E-state index contributed by atoms with van der Waals surface area (Å²) in [6.07, 6.45) is 2.97. The fourth-order valence-corrected chi connectivity index (χ4v) is 3.55. The van der Waals surface area contributed by atoms with Crippen LogP contribution in [0.3, 0.4) is 0 Å². The summed E-state index contributed by atoms with van der Waals surface area (Å²) in [5, 5.41) is 2.72. The molecule has 0 heterocycles. The highest BCUT2D eigenvalue weighted by Gasteiger charge is 2.31. The lowest BCUT2D eigenvalue weighted by atomic mass is 9.83. The molecule has 6 nitrogen and oxygen atoms in total. The van der Waals surface area contributed by atoms with Gasteiger partial charge in [-0.25, -0.2) is 0 Å². The zero-order chi connectivity index (χ0) is 22.0. The SMILES string of the molecule is COc1ccc(/C=C\C(=O)Nc2cccc3c2C(=O)c2ccccc2C3=O)cc1OC. The number of amides is 1. The highest BCUT2D eigenvalue weighted by Crippen LogP contribution is 2.32. The fraction of sp³-hybridized carbons (Fsp3) is 0.0800. The van der Waals surface area contributed by atoms with E-state index in [4.69, 9.17) is 9.47 Å². The van der Waals surface area contributed by atoms with Crippen LogP contribution in [-0.4, -0.2) is 31.7 Å². The molecule has 0 atom stereocenters. The maximum atomic E-state index is 13.0. The number of ketones is 2. The second-order valence-corrected chi connectivity index (χ2v) is 6.87. The molecular formula is C25H19NO5. The molecule has 0 radical (unpaired) electrons. The average Bonchev–Trinajstić information content (AvgIpc) is 2.81. The molecule has 1 N–H and O–H groups in total. The van der Waals surface area contributed by atoms with Gasteiger partial charge in [-0.15, -0.1) is 0 Å². The van der Waals surface area contributed by atoms with Crippen molar-refractivity contribution in [3.63, 3.8) is 0 Å². The number of rotatable bonds is 5. The smallest absolute Gasteiger partial charge is 0.248 e. The van der Waals surface area contributed by atoms with Crippen LogP contribution in [0.2, 0.25) is 0 Å². The lowest BCUT2D eigenvalue weighted by Gasteiger charge is -2.20. The molecular weight excluding hydrogens is 394 g/mol. The van der Waals surface area contributed by atoms with Gasteiger partial charge < -0.3 is 14.8 Å². The summed E-state index contributed by atoms with van der Waals surface area (Å²) in [6.45, 7) is 0. The van der Waals surface area contributed by atoms with Gasteiger partial charge in [-0.05, 0) is 29.8 Å². The monoisotopic (exact) mass is 413 g/mol. The van der Waals surface area contributed by atoms with E-state index in [2.05, 4.69) is 5.32 Å². The first-order chi connectivity index (χ1) is 15.0. The summed E-state index contributed by atoms with van der Waals surface area (Å²) < 4.78 is 10.5. The summed E-state index contributed by atoms with van der Waals surface area (Å²) in [5.74, 6) is 0.183. The summed E-state index contributed by atoms with van der Waals surface area (Å²) in [6, 6.07) is 16.8. The minimum atomic E-state index is -0.428. The number of carbonyl (C=O) groups is 3. The van der Waals surface area contributed by atoms with Gasteiger partial charge in [-0.2, -0.15) is 0 Å². The molecule has 0 saturated heterocycles. The van der Waals surface area contributed by atoms with Crippen LogP contribution in [0.4, 0.5) is 5.69 Å². The molecule has 0 unspecified atom stereocenters. The molecule has 1 aliphatic carbocycles. The molecule has 0 fully saturated rings. The van der Waals surface area contributed by atoms with Crippen molar-refractivity contribution in [1.29, 1.82) is 0 Å². The van der Waals surface area contributed by atoms with Crippen LogP contribution in [0.5, 0.6) is 11.5 Å². The van der Waals surface area contributed by atoms with Crippen molar-refractivity contribution < 1.29 is 23.9 Å². The molecule has 3 aromatic rings. The summed E-state index contributed by atoms with van der Waals surface area (Å²) in [4.78, 5) is 38.4. The van der Waals surface area contributed by atoms with Crippen molar-refractivity contribution in [2.75, 3.05) is 19.5 Å². The van der Waals surface area contributed by atoms with Crippen molar-refractivity contribution in [1.82, 2.24) is 0 Å². The Morgan fingerprint density at radius 1 is 0.806 bits per heavy atom. The minimum absolute atomic E-state index is 0.207. The molecule has 154 valence electrons. The van der Waals surface area contributed by atoms with E-state index in [1.165, 1.54) is 13.2 Å². The molecule has 1 amide bonds. The molecule has 31 heavy (non-hydrogen) atoms. The van der Waals surface area contributed by atoms with Crippen molar-refractivity contribution >= 4 is 29.2 Å². The van der Waals surface area contributed by atoms with Crippen molar-refractivity contribution in [2.24, 2.45) is 0 Å². The zero-order valence-corrected chi connectivity index (χ0v) is 17.0. The fourth-order valence-electron chi connectivity index (χ4n) is 3.55. The lowest BCUT2D eigenvalue weighted by Crippen LogP contribution is -2.23. The third-order valence-corrected chi connectivity index (χ3v) is 5.05. The van der Waals surface area contributed by atoms with Gasteiger partial charge in [0.25, 0.3) is 0 Å². The first-order valence-corrected chi connectivity index (χ1v) is 9.56. The number of ether oxygens (including phenoxy) is 2. The standard InChI is InChI=1S/C25H19NO5/c1-30-20-12-10-15(14-21(20)31-2)11-13-22(27)26-19-9-5-8-18-23(19)25(29)17-7-4-3-6-16(17)24(18)28/h3-14H,1-2H3,(H,26,27)/b13-11-. The maximum Gasteiger partial charge on any atom is 0.248 e. The summed E-state index contributed by atoms with van der Waals surface area (Å²) in [7, 11) is 3.08. The van der Waals surface area contributed by atoms with Crippen LogP contribution in [-0.2, 0) is 4.79 Å². The largest absolute Gasteiger partial charge is 0.493 e. The van der Waals surface area contributed by atoms with E-state index in [0.717, 1.165) is 5.56 Å². The van der Waals surface area contributed by atoms with Crippen molar-refractivity contribution in [2.45, 2.75) is 0 Å². The Balaban J connectivity index is 1.60. The van der Waals surface area contributed by atoms with E-state index in [-0.39, 0.29) is 22.7 Å². The van der Waals surface area contributed by atoms with E-state index in [9.17, 15) is 14.4 Å². The van der Waals surface area contributed by atoms with Gasteiger partial charge in [0.2, 0.25) is 5.91 Å². The number of anilines is 1. The Kier molecular flexibility index (Phi) is 5.37. The van der Waals surface area contributed by atoms with Crippen LogP contribution >= 0.6 is 0 Å². The van der Waals surface area contributed by atoms with Crippen molar-refractivity contribution in [3.8, 4) is 11.5 Å². The predicted molar refractivity (Wildman–Crippen MR) is 117 cm³/mol. The van der Waals surface area contributed by atoms with Crippen LogP contribution in [0, 0.1) is 0 Å². The van der Waals surface area contributed by atoms with E-state index in [1.54, 1.807) is 73.8 Å². The molecule has 4 rings (SSSR count). The number of methoxy groups -OCH3 is 2. The van der Waals surface area contributed by atoms with Gasteiger partial charge in [-0.3, -0.25) is 14.4 Å². The number of fused-ring (bicyclic) bond motifs is 2. The van der Waals surface area contributed by atoms with Gasteiger partial charge in [0.1, 0.15) is 0 Å². The number of benzene rings is 3. The first kappa shape index (κ1) is 20.1. The van der Waals surface area contributed by atoms with Crippen LogP contribution in [0.1, 0.15) is 37.4 Å².